The third kappa shape index (κ3) is 11.5. The summed E-state index contributed by atoms with van der Waals surface area (Å²) >= 11 is 0. The summed E-state index contributed by atoms with van der Waals surface area (Å²) in [5.74, 6) is 0.742. The molecule has 15 heavy (non-hydrogen) atoms. The lowest BCUT2D eigenvalue weighted by Gasteiger charge is -2.05. The Kier molecular flexibility index (Phi) is 9.83. The normalized spacial score (nSPS) is 12.4. The number of carbonyl (C=O) groups excluding carboxylic acids is 1. The zero-order valence-corrected chi connectivity index (χ0v) is 10.5. The van der Waals surface area contributed by atoms with Crippen LogP contribution in [0, 0.1) is 0 Å². The average Bonchev–Trinajstić information content (AvgIpc) is 2.17. The summed E-state index contributed by atoms with van der Waals surface area (Å²) in [6, 6.07) is 0. The van der Waals surface area contributed by atoms with E-state index in [0.717, 1.165) is 32.4 Å². The van der Waals surface area contributed by atoms with Gasteiger partial charge >= 0.3 is 0 Å². The van der Waals surface area contributed by atoms with E-state index in [9.17, 15) is 9.00 Å². The first-order valence-corrected chi connectivity index (χ1v) is 7.17. The van der Waals surface area contributed by atoms with Crippen molar-refractivity contribution in [2.75, 3.05) is 31.6 Å². The summed E-state index contributed by atoms with van der Waals surface area (Å²) in [6.45, 7) is 3.96. The molecule has 0 rings (SSSR count). The molecule has 0 aromatic carbocycles. The number of hydrogen-bond acceptors (Lipinski definition) is 3. The first kappa shape index (κ1) is 14.6. The molecule has 0 saturated carbocycles. The maximum Gasteiger partial charge on any atom is 0.233 e. The van der Waals surface area contributed by atoms with Gasteiger partial charge in [0.05, 0.1) is 6.54 Å². The SMILES string of the molecule is CCCCNC(=O)CNCCCS(C)=O. The fourth-order valence-corrected chi connectivity index (χ4v) is 1.62. The first-order chi connectivity index (χ1) is 7.16. The monoisotopic (exact) mass is 234 g/mol. The molecular formula is C10H22N2O2S. The highest BCUT2D eigenvalue weighted by Gasteiger charge is 1.98. The van der Waals surface area contributed by atoms with E-state index < -0.39 is 10.8 Å². The van der Waals surface area contributed by atoms with E-state index >= 15 is 0 Å². The highest BCUT2D eigenvalue weighted by atomic mass is 32.2. The minimum Gasteiger partial charge on any atom is -0.355 e. The van der Waals surface area contributed by atoms with Gasteiger partial charge in [0.2, 0.25) is 5.91 Å². The lowest BCUT2D eigenvalue weighted by Crippen LogP contribution is -2.34. The Bertz CT molecular complexity index is 198. The number of rotatable bonds is 9. The molecule has 0 radical (unpaired) electrons. The second-order valence-corrected chi connectivity index (χ2v) is 5.07. The molecule has 0 aromatic heterocycles. The molecule has 0 saturated heterocycles. The predicted octanol–water partition coefficient (Wildman–Crippen LogP) is 0.261. The van der Waals surface area contributed by atoms with Gasteiger partial charge < -0.3 is 10.6 Å². The van der Waals surface area contributed by atoms with Gasteiger partial charge in [-0.2, -0.15) is 0 Å². The van der Waals surface area contributed by atoms with Crippen molar-refractivity contribution in [1.29, 1.82) is 0 Å². The van der Waals surface area contributed by atoms with Gasteiger partial charge in [-0.15, -0.1) is 0 Å². The van der Waals surface area contributed by atoms with E-state index in [1.807, 2.05) is 0 Å². The largest absolute Gasteiger partial charge is 0.355 e. The van der Waals surface area contributed by atoms with Crippen molar-refractivity contribution in [2.24, 2.45) is 0 Å². The first-order valence-electron chi connectivity index (χ1n) is 5.44. The van der Waals surface area contributed by atoms with Gasteiger partial charge in [-0.25, -0.2) is 0 Å². The van der Waals surface area contributed by atoms with Gasteiger partial charge in [0, 0.05) is 29.4 Å². The fraction of sp³-hybridized carbons (Fsp3) is 0.900. The van der Waals surface area contributed by atoms with Crippen LogP contribution in [0.25, 0.3) is 0 Å². The molecule has 2 N–H and O–H groups in total. The van der Waals surface area contributed by atoms with Gasteiger partial charge in [0.1, 0.15) is 0 Å². The molecule has 0 aromatic rings. The fourth-order valence-electron chi connectivity index (χ4n) is 1.07. The maximum atomic E-state index is 11.2. The molecule has 1 atom stereocenters. The maximum absolute atomic E-state index is 11.2. The van der Waals surface area contributed by atoms with Crippen LogP contribution >= 0.6 is 0 Å². The van der Waals surface area contributed by atoms with Crippen molar-refractivity contribution in [2.45, 2.75) is 26.2 Å². The molecule has 0 spiro atoms. The Morgan fingerprint density at radius 2 is 2.00 bits per heavy atom. The average molecular weight is 234 g/mol. The van der Waals surface area contributed by atoms with Gasteiger partial charge in [0.15, 0.2) is 0 Å². The van der Waals surface area contributed by atoms with E-state index in [0.29, 0.717) is 12.3 Å². The highest BCUT2D eigenvalue weighted by Crippen LogP contribution is 1.83. The minimum atomic E-state index is -0.726. The molecular weight excluding hydrogens is 212 g/mol. The summed E-state index contributed by atoms with van der Waals surface area (Å²) in [6.07, 6.45) is 4.67. The zero-order valence-electron chi connectivity index (χ0n) is 9.67. The number of unbranched alkanes of at least 4 members (excludes halogenated alkanes) is 1. The van der Waals surface area contributed by atoms with Crippen molar-refractivity contribution in [1.82, 2.24) is 10.6 Å². The second kappa shape index (κ2) is 10.1. The molecule has 0 aliphatic carbocycles. The summed E-state index contributed by atoms with van der Waals surface area (Å²) in [4.78, 5) is 11.2. The Hall–Kier alpha value is -0.420. The van der Waals surface area contributed by atoms with Gasteiger partial charge in [-0.1, -0.05) is 13.3 Å². The standard InChI is InChI=1S/C10H22N2O2S/c1-3-4-7-12-10(13)9-11-6-5-8-15(2)14/h11H,3-9H2,1-2H3,(H,12,13). The van der Waals surface area contributed by atoms with Crippen LogP contribution in [0.2, 0.25) is 0 Å². The van der Waals surface area contributed by atoms with Gasteiger partial charge in [-0.05, 0) is 19.4 Å². The lowest BCUT2D eigenvalue weighted by atomic mass is 10.3. The topological polar surface area (TPSA) is 58.2 Å². The number of carbonyl (C=O) groups is 1. The number of hydrogen-bond donors (Lipinski definition) is 2. The Morgan fingerprint density at radius 1 is 1.27 bits per heavy atom. The third-order valence-corrected chi connectivity index (χ3v) is 2.79. The zero-order chi connectivity index (χ0) is 11.5. The molecule has 5 heteroatoms. The van der Waals surface area contributed by atoms with Crippen molar-refractivity contribution in [3.63, 3.8) is 0 Å². The summed E-state index contributed by atoms with van der Waals surface area (Å²) < 4.78 is 10.7. The number of amides is 1. The van der Waals surface area contributed by atoms with E-state index in [-0.39, 0.29) is 5.91 Å². The summed E-state index contributed by atoms with van der Waals surface area (Å²) in [7, 11) is -0.726. The molecule has 0 bridgehead atoms. The van der Waals surface area contributed by atoms with Crippen molar-refractivity contribution >= 4 is 16.7 Å². The quantitative estimate of drug-likeness (QED) is 0.563. The minimum absolute atomic E-state index is 0.0427. The van der Waals surface area contributed by atoms with Gasteiger partial charge in [0.25, 0.3) is 0 Å². The Balaban J connectivity index is 3.20. The van der Waals surface area contributed by atoms with Gasteiger partial charge in [-0.3, -0.25) is 9.00 Å². The molecule has 0 aliphatic heterocycles. The van der Waals surface area contributed by atoms with E-state index in [1.54, 1.807) is 6.26 Å². The van der Waals surface area contributed by atoms with Crippen LogP contribution in [0.1, 0.15) is 26.2 Å². The smallest absolute Gasteiger partial charge is 0.233 e. The highest BCUT2D eigenvalue weighted by molar-refractivity contribution is 7.84. The molecule has 0 fully saturated rings. The van der Waals surface area contributed by atoms with E-state index in [1.165, 1.54) is 0 Å². The molecule has 4 nitrogen and oxygen atoms in total. The van der Waals surface area contributed by atoms with Crippen molar-refractivity contribution in [3.8, 4) is 0 Å². The Labute approximate surface area is 94.7 Å². The Morgan fingerprint density at radius 3 is 2.60 bits per heavy atom. The van der Waals surface area contributed by atoms with E-state index in [2.05, 4.69) is 17.6 Å². The second-order valence-electron chi connectivity index (χ2n) is 3.51. The van der Waals surface area contributed by atoms with Crippen LogP contribution in [0.4, 0.5) is 0 Å². The van der Waals surface area contributed by atoms with Crippen LogP contribution in [-0.4, -0.2) is 41.8 Å². The molecule has 0 heterocycles. The molecule has 1 amide bonds. The molecule has 0 aliphatic rings. The van der Waals surface area contributed by atoms with Crippen LogP contribution in [-0.2, 0) is 15.6 Å². The van der Waals surface area contributed by atoms with Crippen molar-refractivity contribution < 1.29 is 9.00 Å². The summed E-state index contributed by atoms with van der Waals surface area (Å²) in [5, 5.41) is 5.84. The predicted molar refractivity (Wildman–Crippen MR) is 64.3 cm³/mol. The van der Waals surface area contributed by atoms with Crippen LogP contribution < -0.4 is 10.6 Å². The number of nitrogens with one attached hydrogen (secondary N) is 2. The van der Waals surface area contributed by atoms with Crippen LogP contribution in [0.5, 0.6) is 0 Å². The molecule has 1 unspecified atom stereocenters. The van der Waals surface area contributed by atoms with E-state index in [4.69, 9.17) is 0 Å². The lowest BCUT2D eigenvalue weighted by molar-refractivity contribution is -0.120. The summed E-state index contributed by atoms with van der Waals surface area (Å²) in [5.41, 5.74) is 0. The molecule has 90 valence electrons. The van der Waals surface area contributed by atoms with Crippen molar-refractivity contribution in [3.05, 3.63) is 0 Å². The third-order valence-electron chi connectivity index (χ3n) is 1.92. The van der Waals surface area contributed by atoms with Crippen LogP contribution in [0.3, 0.4) is 0 Å². The van der Waals surface area contributed by atoms with Crippen LogP contribution in [0.15, 0.2) is 0 Å².